The Morgan fingerprint density at radius 2 is 2.21 bits per heavy atom. The average molecular weight is 213 g/mol. The molecule has 0 aromatic heterocycles. The van der Waals surface area contributed by atoms with Gasteiger partial charge in [0.15, 0.2) is 0 Å². The van der Waals surface area contributed by atoms with Gasteiger partial charge in [0.25, 0.3) is 0 Å². The standard InChI is InChI=1S/C10H13ClN2O/c1-3-8(12)6-4-10(14-2)9(13)5-7(6)11/h3-5,8H,1,12-13H2,2H3/t8-/m0/s1. The third kappa shape index (κ3) is 2.00. The zero-order valence-electron chi connectivity index (χ0n) is 7.96. The molecule has 0 amide bonds. The van der Waals surface area contributed by atoms with Gasteiger partial charge >= 0.3 is 0 Å². The predicted octanol–water partition coefficient (Wildman–Crippen LogP) is 2.12. The van der Waals surface area contributed by atoms with E-state index in [-0.39, 0.29) is 6.04 Å². The monoisotopic (exact) mass is 212 g/mol. The van der Waals surface area contributed by atoms with Crippen LogP contribution in [0.5, 0.6) is 5.75 Å². The van der Waals surface area contributed by atoms with Crippen LogP contribution < -0.4 is 16.2 Å². The number of rotatable bonds is 3. The molecule has 76 valence electrons. The fourth-order valence-corrected chi connectivity index (χ4v) is 1.44. The van der Waals surface area contributed by atoms with Gasteiger partial charge in [-0.15, -0.1) is 6.58 Å². The molecule has 0 radical (unpaired) electrons. The first-order valence-electron chi connectivity index (χ1n) is 4.11. The number of anilines is 1. The van der Waals surface area contributed by atoms with Gasteiger partial charge in [0.2, 0.25) is 0 Å². The van der Waals surface area contributed by atoms with Crippen LogP contribution in [0.1, 0.15) is 11.6 Å². The molecule has 1 aromatic carbocycles. The van der Waals surface area contributed by atoms with Gasteiger partial charge in [-0.1, -0.05) is 17.7 Å². The van der Waals surface area contributed by atoms with Crippen molar-refractivity contribution in [3.05, 3.63) is 35.4 Å². The SMILES string of the molecule is C=C[C@H](N)c1cc(OC)c(N)cc1Cl. The topological polar surface area (TPSA) is 61.3 Å². The molecular weight excluding hydrogens is 200 g/mol. The Balaban J connectivity index is 3.23. The lowest BCUT2D eigenvalue weighted by molar-refractivity contribution is 0.416. The molecule has 0 unspecified atom stereocenters. The Morgan fingerprint density at radius 1 is 1.57 bits per heavy atom. The van der Waals surface area contributed by atoms with Gasteiger partial charge < -0.3 is 16.2 Å². The van der Waals surface area contributed by atoms with Crippen LogP contribution in [0.4, 0.5) is 5.69 Å². The van der Waals surface area contributed by atoms with Crippen LogP contribution in [0.25, 0.3) is 0 Å². The summed E-state index contributed by atoms with van der Waals surface area (Å²) in [6.45, 7) is 3.60. The second-order valence-electron chi connectivity index (χ2n) is 2.88. The molecule has 1 rings (SSSR count). The normalized spacial score (nSPS) is 12.2. The Bertz CT molecular complexity index is 352. The summed E-state index contributed by atoms with van der Waals surface area (Å²) in [6, 6.07) is 3.04. The fourth-order valence-electron chi connectivity index (χ4n) is 1.14. The number of nitrogens with two attached hydrogens (primary N) is 2. The summed E-state index contributed by atoms with van der Waals surface area (Å²) in [7, 11) is 1.54. The first kappa shape index (κ1) is 10.9. The van der Waals surface area contributed by atoms with E-state index in [4.69, 9.17) is 27.8 Å². The van der Waals surface area contributed by atoms with Crippen molar-refractivity contribution in [1.82, 2.24) is 0 Å². The highest BCUT2D eigenvalue weighted by atomic mass is 35.5. The van der Waals surface area contributed by atoms with Crippen molar-refractivity contribution in [3.63, 3.8) is 0 Å². The van der Waals surface area contributed by atoms with Gasteiger partial charge in [0, 0.05) is 11.1 Å². The predicted molar refractivity (Wildman–Crippen MR) is 59.5 cm³/mol. The van der Waals surface area contributed by atoms with E-state index in [2.05, 4.69) is 6.58 Å². The van der Waals surface area contributed by atoms with E-state index in [1.165, 1.54) is 0 Å². The lowest BCUT2D eigenvalue weighted by Crippen LogP contribution is -2.08. The van der Waals surface area contributed by atoms with Crippen LogP contribution in [0.2, 0.25) is 5.02 Å². The van der Waals surface area contributed by atoms with E-state index < -0.39 is 0 Å². The number of benzene rings is 1. The number of methoxy groups -OCH3 is 1. The second kappa shape index (κ2) is 4.35. The minimum Gasteiger partial charge on any atom is -0.495 e. The van der Waals surface area contributed by atoms with E-state index in [0.717, 1.165) is 5.56 Å². The van der Waals surface area contributed by atoms with Crippen molar-refractivity contribution >= 4 is 17.3 Å². The molecule has 1 aromatic rings. The maximum Gasteiger partial charge on any atom is 0.142 e. The lowest BCUT2D eigenvalue weighted by atomic mass is 10.1. The molecule has 0 aliphatic carbocycles. The van der Waals surface area contributed by atoms with Gasteiger partial charge in [0.1, 0.15) is 5.75 Å². The minimum atomic E-state index is -0.308. The van der Waals surface area contributed by atoms with Crippen LogP contribution in [0.15, 0.2) is 24.8 Å². The largest absolute Gasteiger partial charge is 0.495 e. The summed E-state index contributed by atoms with van der Waals surface area (Å²) in [5.41, 5.74) is 12.7. The van der Waals surface area contributed by atoms with Crippen LogP contribution in [-0.2, 0) is 0 Å². The zero-order chi connectivity index (χ0) is 10.7. The molecule has 0 aliphatic rings. The highest BCUT2D eigenvalue weighted by Gasteiger charge is 2.10. The van der Waals surface area contributed by atoms with Crippen LogP contribution in [0.3, 0.4) is 0 Å². The molecule has 0 bridgehead atoms. The van der Waals surface area contributed by atoms with Crippen LogP contribution in [-0.4, -0.2) is 7.11 Å². The third-order valence-electron chi connectivity index (χ3n) is 1.96. The Labute approximate surface area is 88.3 Å². The fraction of sp³-hybridized carbons (Fsp3) is 0.200. The molecule has 0 aliphatic heterocycles. The molecule has 14 heavy (non-hydrogen) atoms. The molecular formula is C10H13ClN2O. The first-order chi connectivity index (χ1) is 6.60. The van der Waals surface area contributed by atoms with Gasteiger partial charge in [-0.25, -0.2) is 0 Å². The van der Waals surface area contributed by atoms with Crippen LogP contribution in [0, 0.1) is 0 Å². The Hall–Kier alpha value is -1.19. The van der Waals surface area contributed by atoms with Crippen molar-refractivity contribution in [2.45, 2.75) is 6.04 Å². The quantitative estimate of drug-likeness (QED) is 0.596. The summed E-state index contributed by atoms with van der Waals surface area (Å²) in [4.78, 5) is 0. The smallest absolute Gasteiger partial charge is 0.142 e. The Kier molecular flexibility index (Phi) is 3.38. The zero-order valence-corrected chi connectivity index (χ0v) is 8.71. The maximum atomic E-state index is 5.97. The minimum absolute atomic E-state index is 0.308. The lowest BCUT2D eigenvalue weighted by Gasteiger charge is -2.12. The summed E-state index contributed by atoms with van der Waals surface area (Å²) >= 11 is 5.97. The number of halogens is 1. The van der Waals surface area contributed by atoms with E-state index in [1.54, 1.807) is 25.3 Å². The highest BCUT2D eigenvalue weighted by Crippen LogP contribution is 2.31. The second-order valence-corrected chi connectivity index (χ2v) is 3.28. The summed E-state index contributed by atoms with van der Waals surface area (Å²) in [5, 5.41) is 0.524. The first-order valence-corrected chi connectivity index (χ1v) is 4.49. The van der Waals surface area contributed by atoms with Crippen molar-refractivity contribution in [2.24, 2.45) is 5.73 Å². The Morgan fingerprint density at radius 3 is 2.71 bits per heavy atom. The molecule has 0 saturated carbocycles. The molecule has 0 saturated heterocycles. The van der Waals surface area contributed by atoms with Gasteiger partial charge in [-0.2, -0.15) is 0 Å². The van der Waals surface area contributed by atoms with Gasteiger partial charge in [0.05, 0.1) is 12.8 Å². The van der Waals surface area contributed by atoms with E-state index in [9.17, 15) is 0 Å². The molecule has 0 heterocycles. The molecule has 0 spiro atoms. The molecule has 1 atom stereocenters. The van der Waals surface area contributed by atoms with Crippen molar-refractivity contribution in [3.8, 4) is 5.75 Å². The number of hydrogen-bond donors (Lipinski definition) is 2. The van der Waals surface area contributed by atoms with Crippen molar-refractivity contribution in [2.75, 3.05) is 12.8 Å². The molecule has 3 nitrogen and oxygen atoms in total. The van der Waals surface area contributed by atoms with Crippen LogP contribution >= 0.6 is 11.6 Å². The highest BCUT2D eigenvalue weighted by molar-refractivity contribution is 6.31. The van der Waals surface area contributed by atoms with E-state index in [0.29, 0.717) is 16.5 Å². The third-order valence-corrected chi connectivity index (χ3v) is 2.29. The van der Waals surface area contributed by atoms with Crippen molar-refractivity contribution < 1.29 is 4.74 Å². The number of nitrogen functional groups attached to an aromatic ring is 1. The van der Waals surface area contributed by atoms with Crippen molar-refractivity contribution in [1.29, 1.82) is 0 Å². The van der Waals surface area contributed by atoms with Gasteiger partial charge in [-0.05, 0) is 17.7 Å². The van der Waals surface area contributed by atoms with E-state index in [1.807, 2.05) is 0 Å². The summed E-state index contributed by atoms with van der Waals surface area (Å²) in [6.07, 6.45) is 1.61. The summed E-state index contributed by atoms with van der Waals surface area (Å²) < 4.78 is 5.06. The molecule has 0 fully saturated rings. The average Bonchev–Trinajstić information content (AvgIpc) is 2.17. The van der Waals surface area contributed by atoms with Gasteiger partial charge in [-0.3, -0.25) is 0 Å². The number of hydrogen-bond acceptors (Lipinski definition) is 3. The summed E-state index contributed by atoms with van der Waals surface area (Å²) in [5.74, 6) is 0.571. The molecule has 4 N–H and O–H groups in total. The number of ether oxygens (including phenoxy) is 1. The molecule has 4 heteroatoms. The maximum absolute atomic E-state index is 5.97. The van der Waals surface area contributed by atoms with E-state index >= 15 is 0 Å².